The Labute approximate surface area is 150 Å². The van der Waals surface area contributed by atoms with Crippen LogP contribution in [0.2, 0.25) is 0 Å². The predicted octanol–water partition coefficient (Wildman–Crippen LogP) is 2.97. The van der Waals surface area contributed by atoms with Crippen molar-refractivity contribution in [3.05, 3.63) is 78.0 Å². The maximum absolute atomic E-state index is 5.56. The first-order chi connectivity index (χ1) is 12.9. The van der Waals surface area contributed by atoms with Crippen molar-refractivity contribution in [2.75, 3.05) is 0 Å². The van der Waals surface area contributed by atoms with Crippen LogP contribution in [-0.4, -0.2) is 25.2 Å². The molecule has 0 radical (unpaired) electrons. The standard InChI is InChI=1S/C19H17N5O2/c1-2-6-15(7-3-1)12-25-14-24-22-19(21-23-24)26-13-17-11-10-16-8-4-5-9-18(16)20-17/h1-11H,12-14H2. The molecule has 2 aromatic heterocycles. The first-order valence-electron chi connectivity index (χ1n) is 8.24. The van der Waals surface area contributed by atoms with Crippen LogP contribution in [0.4, 0.5) is 0 Å². The summed E-state index contributed by atoms with van der Waals surface area (Å²) in [5.41, 5.74) is 2.83. The van der Waals surface area contributed by atoms with E-state index in [1.165, 1.54) is 4.80 Å². The average Bonchev–Trinajstić information content (AvgIpc) is 3.15. The van der Waals surface area contributed by atoms with E-state index in [1.807, 2.05) is 66.7 Å². The van der Waals surface area contributed by atoms with Gasteiger partial charge in [0.1, 0.15) is 6.61 Å². The van der Waals surface area contributed by atoms with Crippen molar-refractivity contribution in [2.45, 2.75) is 19.9 Å². The molecule has 0 spiro atoms. The summed E-state index contributed by atoms with van der Waals surface area (Å²) in [5, 5.41) is 13.0. The second-order valence-corrected chi connectivity index (χ2v) is 5.69. The van der Waals surface area contributed by atoms with Crippen molar-refractivity contribution in [1.29, 1.82) is 0 Å². The van der Waals surface area contributed by atoms with Gasteiger partial charge >= 0.3 is 6.01 Å². The second kappa shape index (κ2) is 7.71. The first-order valence-corrected chi connectivity index (χ1v) is 8.24. The summed E-state index contributed by atoms with van der Waals surface area (Å²) in [6, 6.07) is 22.0. The fourth-order valence-electron chi connectivity index (χ4n) is 2.49. The SMILES string of the molecule is c1ccc(COCn2nnc(OCc3ccc4ccccc4n3)n2)cc1. The monoisotopic (exact) mass is 347 g/mol. The molecule has 130 valence electrons. The van der Waals surface area contributed by atoms with Gasteiger partial charge in [-0.2, -0.15) is 0 Å². The number of rotatable bonds is 7. The van der Waals surface area contributed by atoms with Gasteiger partial charge < -0.3 is 9.47 Å². The van der Waals surface area contributed by atoms with Crippen LogP contribution >= 0.6 is 0 Å². The molecule has 0 bridgehead atoms. The molecular weight excluding hydrogens is 330 g/mol. The number of benzene rings is 2. The largest absolute Gasteiger partial charge is 0.455 e. The van der Waals surface area contributed by atoms with Crippen LogP contribution in [0, 0.1) is 0 Å². The molecule has 0 fully saturated rings. The zero-order valence-electron chi connectivity index (χ0n) is 14.0. The molecule has 0 saturated carbocycles. The van der Waals surface area contributed by atoms with Crippen molar-refractivity contribution >= 4 is 10.9 Å². The van der Waals surface area contributed by atoms with Crippen LogP contribution in [0.15, 0.2) is 66.7 Å². The van der Waals surface area contributed by atoms with E-state index in [0.717, 1.165) is 22.2 Å². The molecule has 0 atom stereocenters. The molecule has 0 saturated heterocycles. The van der Waals surface area contributed by atoms with Gasteiger partial charge in [0.25, 0.3) is 0 Å². The molecule has 0 aliphatic rings. The van der Waals surface area contributed by atoms with Gasteiger partial charge in [0.15, 0.2) is 6.73 Å². The van der Waals surface area contributed by atoms with Gasteiger partial charge in [-0.3, -0.25) is 0 Å². The number of ether oxygens (including phenoxy) is 2. The summed E-state index contributed by atoms with van der Waals surface area (Å²) >= 11 is 0. The van der Waals surface area contributed by atoms with Gasteiger partial charge in [0, 0.05) is 5.39 Å². The molecule has 0 aliphatic carbocycles. The fraction of sp³-hybridized carbons (Fsp3) is 0.158. The molecule has 0 aliphatic heterocycles. The molecule has 7 nitrogen and oxygen atoms in total. The number of hydrogen-bond donors (Lipinski definition) is 0. The zero-order chi connectivity index (χ0) is 17.6. The highest BCUT2D eigenvalue weighted by Crippen LogP contribution is 2.12. The quantitative estimate of drug-likeness (QED) is 0.512. The summed E-state index contributed by atoms with van der Waals surface area (Å²) in [7, 11) is 0. The van der Waals surface area contributed by atoms with Gasteiger partial charge in [0.05, 0.1) is 17.8 Å². The molecule has 2 aromatic carbocycles. The van der Waals surface area contributed by atoms with Gasteiger partial charge in [-0.05, 0) is 22.9 Å². The van der Waals surface area contributed by atoms with Gasteiger partial charge in [-0.1, -0.05) is 64.8 Å². The highest BCUT2D eigenvalue weighted by Gasteiger charge is 2.06. The Morgan fingerprint density at radius 2 is 1.69 bits per heavy atom. The summed E-state index contributed by atoms with van der Waals surface area (Å²) < 4.78 is 11.1. The summed E-state index contributed by atoms with van der Waals surface area (Å²) in [6.45, 7) is 0.973. The second-order valence-electron chi connectivity index (χ2n) is 5.69. The molecule has 26 heavy (non-hydrogen) atoms. The van der Waals surface area contributed by atoms with Crippen molar-refractivity contribution in [1.82, 2.24) is 25.2 Å². The minimum atomic E-state index is 0.197. The van der Waals surface area contributed by atoms with E-state index in [1.54, 1.807) is 0 Å². The Bertz CT molecular complexity index is 987. The molecule has 0 N–H and O–H groups in total. The summed E-state index contributed by atoms with van der Waals surface area (Å²) in [6.07, 6.45) is 0. The number of pyridine rings is 1. The number of aromatic nitrogens is 5. The van der Waals surface area contributed by atoms with Gasteiger partial charge in [-0.25, -0.2) is 4.98 Å². The maximum Gasteiger partial charge on any atom is 0.356 e. The molecule has 2 heterocycles. The van der Waals surface area contributed by atoms with E-state index >= 15 is 0 Å². The predicted molar refractivity (Wildman–Crippen MR) is 95.1 cm³/mol. The van der Waals surface area contributed by atoms with Crippen LogP contribution in [0.5, 0.6) is 6.01 Å². The highest BCUT2D eigenvalue weighted by atomic mass is 16.5. The third kappa shape index (κ3) is 4.01. The van der Waals surface area contributed by atoms with Crippen molar-refractivity contribution < 1.29 is 9.47 Å². The number of hydrogen-bond acceptors (Lipinski definition) is 6. The Morgan fingerprint density at radius 3 is 2.62 bits per heavy atom. The molecule has 7 heteroatoms. The van der Waals surface area contributed by atoms with E-state index in [4.69, 9.17) is 9.47 Å². The Kier molecular flexibility index (Phi) is 4.79. The van der Waals surface area contributed by atoms with Crippen LogP contribution in [0.1, 0.15) is 11.3 Å². The molecule has 0 unspecified atom stereocenters. The lowest BCUT2D eigenvalue weighted by molar-refractivity contribution is 0.0453. The lowest BCUT2D eigenvalue weighted by Crippen LogP contribution is -2.06. The van der Waals surface area contributed by atoms with Gasteiger partial charge in [0.2, 0.25) is 0 Å². The third-order valence-electron chi connectivity index (χ3n) is 3.76. The van der Waals surface area contributed by atoms with Crippen molar-refractivity contribution in [2.24, 2.45) is 0 Å². The summed E-state index contributed by atoms with van der Waals surface area (Å²) in [4.78, 5) is 5.90. The molecule has 4 rings (SSSR count). The van der Waals surface area contributed by atoms with Crippen LogP contribution in [0.25, 0.3) is 10.9 Å². The van der Waals surface area contributed by atoms with E-state index in [9.17, 15) is 0 Å². The lowest BCUT2D eigenvalue weighted by Gasteiger charge is -2.03. The Balaban J connectivity index is 1.30. The van der Waals surface area contributed by atoms with Gasteiger partial charge in [-0.15, -0.1) is 4.80 Å². The Morgan fingerprint density at radius 1 is 0.846 bits per heavy atom. The normalized spacial score (nSPS) is 10.9. The topological polar surface area (TPSA) is 75.0 Å². The maximum atomic E-state index is 5.56. The van der Waals surface area contributed by atoms with E-state index in [0.29, 0.717) is 6.61 Å². The van der Waals surface area contributed by atoms with E-state index < -0.39 is 0 Å². The number of fused-ring (bicyclic) bond motifs is 1. The smallest absolute Gasteiger partial charge is 0.356 e. The number of nitrogens with zero attached hydrogens (tertiary/aromatic N) is 5. The third-order valence-corrected chi connectivity index (χ3v) is 3.76. The zero-order valence-corrected chi connectivity index (χ0v) is 14.0. The molecule has 4 aromatic rings. The highest BCUT2D eigenvalue weighted by molar-refractivity contribution is 5.78. The molecular formula is C19H17N5O2. The minimum absolute atomic E-state index is 0.197. The van der Waals surface area contributed by atoms with Crippen molar-refractivity contribution in [3.8, 4) is 6.01 Å². The summed E-state index contributed by atoms with van der Waals surface area (Å²) in [5.74, 6) is 0. The van der Waals surface area contributed by atoms with Crippen LogP contribution in [0.3, 0.4) is 0 Å². The van der Waals surface area contributed by atoms with Crippen LogP contribution in [-0.2, 0) is 24.7 Å². The Hall–Kier alpha value is -3.32. The lowest BCUT2D eigenvalue weighted by atomic mass is 10.2. The first kappa shape index (κ1) is 16.2. The van der Waals surface area contributed by atoms with Crippen molar-refractivity contribution in [3.63, 3.8) is 0 Å². The van der Waals surface area contributed by atoms with E-state index in [2.05, 4.69) is 20.4 Å². The molecule has 0 amide bonds. The number of tetrazole rings is 1. The fourth-order valence-corrected chi connectivity index (χ4v) is 2.49. The minimum Gasteiger partial charge on any atom is -0.455 e. The van der Waals surface area contributed by atoms with E-state index in [-0.39, 0.29) is 19.3 Å². The average molecular weight is 347 g/mol. The van der Waals surface area contributed by atoms with Crippen LogP contribution < -0.4 is 4.74 Å². The number of para-hydroxylation sites is 1.